The SMILES string of the molecule is CCOC(=O)C(C)NC(=O)C[C@@H](C)O. The maximum atomic E-state index is 11.1. The van der Waals surface area contributed by atoms with Crippen molar-refractivity contribution < 1.29 is 19.4 Å². The summed E-state index contributed by atoms with van der Waals surface area (Å²) in [6.45, 7) is 5.03. The Balaban J connectivity index is 3.87. The molecule has 1 amide bonds. The van der Waals surface area contributed by atoms with Gasteiger partial charge in [0.05, 0.1) is 19.1 Å². The van der Waals surface area contributed by atoms with E-state index < -0.39 is 18.1 Å². The van der Waals surface area contributed by atoms with Gasteiger partial charge >= 0.3 is 5.97 Å². The molecule has 0 aromatic heterocycles. The van der Waals surface area contributed by atoms with Gasteiger partial charge in [0.15, 0.2) is 0 Å². The van der Waals surface area contributed by atoms with E-state index in [9.17, 15) is 9.59 Å². The van der Waals surface area contributed by atoms with Gasteiger partial charge in [-0.1, -0.05) is 0 Å². The number of hydrogen-bond donors (Lipinski definition) is 2. The van der Waals surface area contributed by atoms with E-state index in [1.807, 2.05) is 0 Å². The van der Waals surface area contributed by atoms with E-state index >= 15 is 0 Å². The lowest BCUT2D eigenvalue weighted by Gasteiger charge is -2.12. The first kappa shape index (κ1) is 12.9. The Hall–Kier alpha value is -1.10. The fourth-order valence-corrected chi connectivity index (χ4v) is 0.895. The molecule has 14 heavy (non-hydrogen) atoms. The predicted octanol–water partition coefficient (Wildman–Crippen LogP) is -0.175. The number of aliphatic hydroxyl groups is 1. The van der Waals surface area contributed by atoms with Gasteiger partial charge in [-0.3, -0.25) is 4.79 Å². The Labute approximate surface area is 83.4 Å². The molecule has 0 aliphatic heterocycles. The lowest BCUT2D eigenvalue weighted by atomic mass is 10.2. The third-order valence-electron chi connectivity index (χ3n) is 1.50. The van der Waals surface area contributed by atoms with Crippen LogP contribution in [0.1, 0.15) is 27.2 Å². The number of amides is 1. The lowest BCUT2D eigenvalue weighted by Crippen LogP contribution is -2.40. The minimum absolute atomic E-state index is 0.0102. The molecule has 2 atom stereocenters. The Kier molecular flexibility index (Phi) is 5.87. The van der Waals surface area contributed by atoms with Crippen LogP contribution in [0, 0.1) is 0 Å². The molecule has 0 heterocycles. The molecule has 0 rings (SSSR count). The third kappa shape index (κ3) is 5.53. The number of hydrogen-bond acceptors (Lipinski definition) is 4. The van der Waals surface area contributed by atoms with Crippen LogP contribution < -0.4 is 5.32 Å². The molecule has 0 aliphatic carbocycles. The Morgan fingerprint density at radius 3 is 2.43 bits per heavy atom. The van der Waals surface area contributed by atoms with Crippen LogP contribution in [0.15, 0.2) is 0 Å². The van der Waals surface area contributed by atoms with E-state index in [1.54, 1.807) is 6.92 Å². The summed E-state index contributed by atoms with van der Waals surface area (Å²) in [5.41, 5.74) is 0. The van der Waals surface area contributed by atoms with E-state index in [0.717, 1.165) is 0 Å². The molecule has 2 N–H and O–H groups in total. The first-order valence-corrected chi connectivity index (χ1v) is 4.61. The Morgan fingerprint density at radius 1 is 1.43 bits per heavy atom. The smallest absolute Gasteiger partial charge is 0.328 e. The van der Waals surface area contributed by atoms with E-state index in [1.165, 1.54) is 13.8 Å². The number of ether oxygens (including phenoxy) is 1. The van der Waals surface area contributed by atoms with Crippen LogP contribution in [-0.4, -0.2) is 35.7 Å². The van der Waals surface area contributed by atoms with E-state index in [4.69, 9.17) is 9.84 Å². The standard InChI is InChI=1S/C9H17NO4/c1-4-14-9(13)7(3)10-8(12)5-6(2)11/h6-7,11H,4-5H2,1-3H3,(H,10,12)/t6-,7?/m1/s1. The van der Waals surface area contributed by atoms with Gasteiger partial charge in [0.1, 0.15) is 6.04 Å². The van der Waals surface area contributed by atoms with E-state index in [0.29, 0.717) is 0 Å². The highest BCUT2D eigenvalue weighted by molar-refractivity contribution is 5.84. The van der Waals surface area contributed by atoms with Crippen molar-refractivity contribution >= 4 is 11.9 Å². The molecule has 0 spiro atoms. The van der Waals surface area contributed by atoms with Crippen LogP contribution in [0.3, 0.4) is 0 Å². The van der Waals surface area contributed by atoms with Crippen LogP contribution in [0.4, 0.5) is 0 Å². The summed E-state index contributed by atoms with van der Waals surface area (Å²) < 4.78 is 4.69. The molecule has 5 heteroatoms. The number of esters is 1. The zero-order valence-electron chi connectivity index (χ0n) is 8.74. The monoisotopic (exact) mass is 203 g/mol. The number of aliphatic hydroxyl groups excluding tert-OH is 1. The highest BCUT2D eigenvalue weighted by Gasteiger charge is 2.16. The summed E-state index contributed by atoms with van der Waals surface area (Å²) in [5.74, 6) is -0.827. The molecule has 0 radical (unpaired) electrons. The van der Waals surface area contributed by atoms with Gasteiger partial charge in [0.2, 0.25) is 5.91 Å². The van der Waals surface area contributed by atoms with Crippen LogP contribution >= 0.6 is 0 Å². The van der Waals surface area contributed by atoms with Crippen molar-refractivity contribution in [1.82, 2.24) is 5.32 Å². The fraction of sp³-hybridized carbons (Fsp3) is 0.778. The summed E-state index contributed by atoms with van der Waals surface area (Å²) in [7, 11) is 0. The second-order valence-corrected chi connectivity index (χ2v) is 3.09. The Morgan fingerprint density at radius 2 is 2.00 bits per heavy atom. The first-order chi connectivity index (χ1) is 6.47. The molecular formula is C9H17NO4. The minimum atomic E-state index is -0.704. The normalized spacial score (nSPS) is 14.3. The van der Waals surface area contributed by atoms with Gasteiger partial charge in [-0.05, 0) is 20.8 Å². The van der Waals surface area contributed by atoms with Crippen molar-refractivity contribution in [1.29, 1.82) is 0 Å². The van der Waals surface area contributed by atoms with Crippen molar-refractivity contribution in [3.05, 3.63) is 0 Å². The predicted molar refractivity (Wildman–Crippen MR) is 50.5 cm³/mol. The second kappa shape index (κ2) is 6.37. The molecule has 0 aromatic rings. The molecular weight excluding hydrogens is 186 g/mol. The van der Waals surface area contributed by atoms with Crippen LogP contribution in [-0.2, 0) is 14.3 Å². The number of nitrogens with one attached hydrogen (secondary N) is 1. The van der Waals surface area contributed by atoms with Gasteiger partial charge in [0.25, 0.3) is 0 Å². The number of carbonyl (C=O) groups is 2. The fourth-order valence-electron chi connectivity index (χ4n) is 0.895. The second-order valence-electron chi connectivity index (χ2n) is 3.09. The quantitative estimate of drug-likeness (QED) is 0.608. The molecule has 0 saturated carbocycles. The van der Waals surface area contributed by atoms with Crippen LogP contribution in [0.5, 0.6) is 0 Å². The molecule has 0 saturated heterocycles. The van der Waals surface area contributed by atoms with Gasteiger partial charge in [-0.2, -0.15) is 0 Å². The van der Waals surface area contributed by atoms with Gasteiger partial charge < -0.3 is 15.2 Å². The maximum Gasteiger partial charge on any atom is 0.328 e. The molecule has 0 fully saturated rings. The van der Waals surface area contributed by atoms with Crippen molar-refractivity contribution in [3.8, 4) is 0 Å². The van der Waals surface area contributed by atoms with E-state index in [-0.39, 0.29) is 18.9 Å². The maximum absolute atomic E-state index is 11.1. The molecule has 0 aliphatic rings. The average molecular weight is 203 g/mol. The van der Waals surface area contributed by atoms with Gasteiger partial charge in [0, 0.05) is 0 Å². The number of rotatable bonds is 5. The molecule has 82 valence electrons. The summed E-state index contributed by atoms with van der Waals surface area (Å²) in [4.78, 5) is 22.2. The summed E-state index contributed by atoms with van der Waals surface area (Å²) in [6.07, 6.45) is -0.714. The van der Waals surface area contributed by atoms with Crippen molar-refractivity contribution in [2.75, 3.05) is 6.61 Å². The van der Waals surface area contributed by atoms with Crippen LogP contribution in [0.25, 0.3) is 0 Å². The third-order valence-corrected chi connectivity index (χ3v) is 1.50. The highest BCUT2D eigenvalue weighted by atomic mass is 16.5. The summed E-state index contributed by atoms with van der Waals surface area (Å²) in [5, 5.41) is 11.3. The van der Waals surface area contributed by atoms with Gasteiger partial charge in [-0.15, -0.1) is 0 Å². The van der Waals surface area contributed by atoms with Crippen molar-refractivity contribution in [2.24, 2.45) is 0 Å². The summed E-state index contributed by atoms with van der Waals surface area (Å²) in [6, 6.07) is -0.666. The minimum Gasteiger partial charge on any atom is -0.464 e. The van der Waals surface area contributed by atoms with E-state index in [2.05, 4.69) is 5.32 Å². The molecule has 5 nitrogen and oxygen atoms in total. The lowest BCUT2D eigenvalue weighted by molar-refractivity contribution is -0.147. The van der Waals surface area contributed by atoms with Crippen molar-refractivity contribution in [2.45, 2.75) is 39.3 Å². The number of carbonyl (C=O) groups excluding carboxylic acids is 2. The zero-order valence-corrected chi connectivity index (χ0v) is 8.74. The average Bonchev–Trinajstić information content (AvgIpc) is 2.02. The first-order valence-electron chi connectivity index (χ1n) is 4.61. The van der Waals surface area contributed by atoms with Gasteiger partial charge in [-0.25, -0.2) is 4.79 Å². The molecule has 0 aromatic carbocycles. The summed E-state index contributed by atoms with van der Waals surface area (Å²) >= 11 is 0. The molecule has 0 bridgehead atoms. The molecule has 1 unspecified atom stereocenters. The largest absolute Gasteiger partial charge is 0.464 e. The van der Waals surface area contributed by atoms with Crippen LogP contribution in [0.2, 0.25) is 0 Å². The highest BCUT2D eigenvalue weighted by Crippen LogP contribution is 1.92. The zero-order chi connectivity index (χ0) is 11.1. The topological polar surface area (TPSA) is 75.6 Å². The Bertz CT molecular complexity index is 203. The van der Waals surface area contributed by atoms with Crippen molar-refractivity contribution in [3.63, 3.8) is 0 Å².